The predicted octanol–water partition coefficient (Wildman–Crippen LogP) is 6.69. The van der Waals surface area contributed by atoms with Gasteiger partial charge in [0.1, 0.15) is 17.3 Å². The first-order chi connectivity index (χ1) is 17.9. The molecule has 10 heteroatoms. The molecule has 194 valence electrons. The van der Waals surface area contributed by atoms with Gasteiger partial charge in [-0.3, -0.25) is 16.1 Å². The smallest absolute Gasteiger partial charge is 0.152 e. The Morgan fingerprint density at radius 2 is 1.84 bits per heavy atom. The fourth-order valence-corrected chi connectivity index (χ4v) is 6.44. The number of hydroxylamine groups is 1. The van der Waals surface area contributed by atoms with Crippen molar-refractivity contribution in [1.82, 2.24) is 10.6 Å². The Hall–Kier alpha value is -2.65. The lowest BCUT2D eigenvalue weighted by Gasteiger charge is -2.40. The zero-order chi connectivity index (χ0) is 25.7. The van der Waals surface area contributed by atoms with Gasteiger partial charge >= 0.3 is 0 Å². The molecule has 3 fully saturated rings. The van der Waals surface area contributed by atoms with E-state index >= 15 is 0 Å². The summed E-state index contributed by atoms with van der Waals surface area (Å²) in [7, 11) is 0. The van der Waals surface area contributed by atoms with Gasteiger partial charge in [0.05, 0.1) is 28.3 Å². The molecule has 2 aromatic carbocycles. The SMILES string of the molecule is N=C(NO)c1ccc(N2[C@@H]3CC[C@H]2C[C@@H](OCc2c(-c4c(Cl)cccc4Cl)noc2C2CC2)C3)cc1F. The number of piperidine rings is 1. The minimum atomic E-state index is -0.535. The first-order valence-corrected chi connectivity index (χ1v) is 13.3. The molecule has 2 aliphatic heterocycles. The highest BCUT2D eigenvalue weighted by Gasteiger charge is 2.42. The van der Waals surface area contributed by atoms with E-state index in [-0.39, 0.29) is 29.6 Å². The minimum absolute atomic E-state index is 0.0337. The molecular formula is C27H27Cl2FN4O3. The van der Waals surface area contributed by atoms with Crippen LogP contribution in [0.1, 0.15) is 61.3 Å². The number of nitrogens with zero attached hydrogens (tertiary/aromatic N) is 2. The number of benzene rings is 2. The highest BCUT2D eigenvalue weighted by atomic mass is 35.5. The van der Waals surface area contributed by atoms with Crippen LogP contribution in [-0.4, -0.2) is 34.4 Å². The van der Waals surface area contributed by atoms with Gasteiger partial charge in [0.25, 0.3) is 0 Å². The lowest BCUT2D eigenvalue weighted by atomic mass is 9.98. The monoisotopic (exact) mass is 544 g/mol. The van der Waals surface area contributed by atoms with Crippen LogP contribution in [-0.2, 0) is 11.3 Å². The quantitative estimate of drug-likeness (QED) is 0.174. The second kappa shape index (κ2) is 9.91. The lowest BCUT2D eigenvalue weighted by molar-refractivity contribution is 0.0147. The van der Waals surface area contributed by atoms with E-state index in [1.54, 1.807) is 17.6 Å². The van der Waals surface area contributed by atoms with Gasteiger partial charge in [0.15, 0.2) is 5.84 Å². The van der Waals surface area contributed by atoms with E-state index in [1.165, 1.54) is 12.1 Å². The summed E-state index contributed by atoms with van der Waals surface area (Å²) in [5, 5.41) is 22.0. The van der Waals surface area contributed by atoms with Crippen molar-refractivity contribution in [1.29, 1.82) is 5.41 Å². The number of hydrogen-bond acceptors (Lipinski definition) is 6. The summed E-state index contributed by atoms with van der Waals surface area (Å²) >= 11 is 13.0. The standard InChI is InChI=1S/C27H27Cl2FN4O3/c28-21-2-1-3-22(29)24(21)25-20(26(37-33-25)14-4-5-14)13-36-18-10-15-6-7-16(11-18)34(15)17-8-9-19(23(30)12-17)27(31)32-35/h1-3,8-9,12,14-16,18,35H,4-7,10-11,13H2,(H2,31,32)/t15-,16+,18+. The number of amidine groups is 1. The van der Waals surface area contributed by atoms with E-state index in [1.807, 2.05) is 12.1 Å². The fourth-order valence-electron chi connectivity index (χ4n) is 5.86. The Morgan fingerprint density at radius 1 is 1.14 bits per heavy atom. The molecule has 1 aromatic heterocycles. The van der Waals surface area contributed by atoms with Gasteiger partial charge < -0.3 is 14.2 Å². The first kappa shape index (κ1) is 24.7. The summed E-state index contributed by atoms with van der Waals surface area (Å²) in [5.74, 6) is 0.327. The van der Waals surface area contributed by atoms with Crippen molar-refractivity contribution in [3.63, 3.8) is 0 Å². The molecule has 3 N–H and O–H groups in total. The zero-order valence-corrected chi connectivity index (χ0v) is 21.5. The van der Waals surface area contributed by atoms with Crippen LogP contribution in [0.2, 0.25) is 10.0 Å². The third-order valence-corrected chi connectivity index (χ3v) is 8.38. The second-order valence-electron chi connectivity index (χ2n) is 10.1. The summed E-state index contributed by atoms with van der Waals surface area (Å²) in [6.45, 7) is 0.371. The Kier molecular flexibility index (Phi) is 6.61. The van der Waals surface area contributed by atoms with Crippen LogP contribution < -0.4 is 10.4 Å². The van der Waals surface area contributed by atoms with Crippen molar-refractivity contribution >= 4 is 34.7 Å². The average Bonchev–Trinajstić information content (AvgIpc) is 3.59. The number of halogens is 3. The Morgan fingerprint density at radius 3 is 2.46 bits per heavy atom. The maximum atomic E-state index is 14.6. The maximum absolute atomic E-state index is 14.6. The predicted molar refractivity (Wildman–Crippen MR) is 139 cm³/mol. The highest BCUT2D eigenvalue weighted by Crippen LogP contribution is 2.47. The van der Waals surface area contributed by atoms with Crippen LogP contribution in [0.4, 0.5) is 10.1 Å². The van der Waals surface area contributed by atoms with Crippen molar-refractivity contribution < 1.29 is 18.9 Å². The molecule has 1 saturated carbocycles. The minimum Gasteiger partial charge on any atom is -0.373 e. The summed E-state index contributed by atoms with van der Waals surface area (Å²) in [6, 6.07) is 10.7. The Labute approximate surface area is 224 Å². The van der Waals surface area contributed by atoms with E-state index in [0.29, 0.717) is 33.8 Å². The molecule has 3 aromatic rings. The van der Waals surface area contributed by atoms with Gasteiger partial charge in [-0.05, 0) is 68.9 Å². The zero-order valence-electron chi connectivity index (χ0n) is 20.0. The van der Waals surface area contributed by atoms with Crippen LogP contribution in [0.25, 0.3) is 11.3 Å². The maximum Gasteiger partial charge on any atom is 0.152 e. The molecule has 6 rings (SSSR count). The summed E-state index contributed by atoms with van der Waals surface area (Å²) in [4.78, 5) is 2.28. The molecule has 3 aliphatic rings. The molecular weight excluding hydrogens is 518 g/mol. The molecule has 3 atom stereocenters. The van der Waals surface area contributed by atoms with Crippen molar-refractivity contribution in [3.8, 4) is 11.3 Å². The van der Waals surface area contributed by atoms with Gasteiger partial charge in [-0.15, -0.1) is 0 Å². The molecule has 2 bridgehead atoms. The summed E-state index contributed by atoms with van der Waals surface area (Å²) < 4.78 is 26.9. The van der Waals surface area contributed by atoms with E-state index in [2.05, 4.69) is 10.1 Å². The number of nitrogens with one attached hydrogen (secondary N) is 2. The molecule has 3 heterocycles. The molecule has 0 radical (unpaired) electrons. The molecule has 0 unspecified atom stereocenters. The van der Waals surface area contributed by atoms with E-state index in [0.717, 1.165) is 55.5 Å². The average molecular weight is 545 g/mol. The molecule has 0 amide bonds. The van der Waals surface area contributed by atoms with E-state index < -0.39 is 5.82 Å². The van der Waals surface area contributed by atoms with Crippen LogP contribution in [0.15, 0.2) is 40.9 Å². The number of anilines is 1. The lowest BCUT2D eigenvalue weighted by Crippen LogP contribution is -2.45. The molecule has 0 spiro atoms. The van der Waals surface area contributed by atoms with E-state index in [4.69, 9.17) is 43.1 Å². The van der Waals surface area contributed by atoms with Gasteiger partial charge in [-0.2, -0.15) is 0 Å². The number of rotatable bonds is 7. The topological polar surface area (TPSA) is 94.6 Å². The van der Waals surface area contributed by atoms with Crippen molar-refractivity contribution in [2.24, 2.45) is 0 Å². The van der Waals surface area contributed by atoms with Crippen molar-refractivity contribution in [3.05, 3.63) is 69.1 Å². The molecule has 1 aliphatic carbocycles. The third kappa shape index (κ3) is 4.61. The van der Waals surface area contributed by atoms with Gasteiger partial charge in [0, 0.05) is 34.8 Å². The van der Waals surface area contributed by atoms with Crippen LogP contribution in [0.5, 0.6) is 0 Å². The number of hydrogen-bond donors (Lipinski definition) is 3. The molecule has 7 nitrogen and oxygen atoms in total. The number of ether oxygens (including phenoxy) is 1. The van der Waals surface area contributed by atoms with Crippen LogP contribution in [0.3, 0.4) is 0 Å². The molecule has 37 heavy (non-hydrogen) atoms. The summed E-state index contributed by atoms with van der Waals surface area (Å²) in [5.41, 5.74) is 4.78. The van der Waals surface area contributed by atoms with Crippen LogP contribution >= 0.6 is 23.2 Å². The van der Waals surface area contributed by atoms with Gasteiger partial charge in [-0.1, -0.05) is 34.4 Å². The molecule has 2 saturated heterocycles. The third-order valence-electron chi connectivity index (χ3n) is 7.75. The van der Waals surface area contributed by atoms with Crippen LogP contribution in [0, 0.1) is 11.2 Å². The largest absolute Gasteiger partial charge is 0.373 e. The Balaban J connectivity index is 1.19. The fraction of sp³-hybridized carbons (Fsp3) is 0.407. The second-order valence-corrected chi connectivity index (χ2v) is 10.9. The van der Waals surface area contributed by atoms with Gasteiger partial charge in [-0.25, -0.2) is 4.39 Å². The highest BCUT2D eigenvalue weighted by molar-refractivity contribution is 6.39. The summed E-state index contributed by atoms with van der Waals surface area (Å²) in [6.07, 6.45) is 5.90. The Bertz CT molecular complexity index is 1310. The normalized spacial score (nSPS) is 22.9. The van der Waals surface area contributed by atoms with Crippen molar-refractivity contribution in [2.75, 3.05) is 4.90 Å². The first-order valence-electron chi connectivity index (χ1n) is 12.6. The number of fused-ring (bicyclic) bond motifs is 2. The number of aromatic nitrogens is 1. The van der Waals surface area contributed by atoms with Gasteiger partial charge in [0.2, 0.25) is 0 Å². The van der Waals surface area contributed by atoms with Crippen molar-refractivity contribution in [2.45, 2.75) is 69.2 Å². The van der Waals surface area contributed by atoms with E-state index in [9.17, 15) is 4.39 Å².